The lowest BCUT2D eigenvalue weighted by Gasteiger charge is -2.45. The van der Waals surface area contributed by atoms with Crippen molar-refractivity contribution >= 4 is 11.0 Å². The maximum absolute atomic E-state index is 5.71. The molecule has 3 nitrogen and oxygen atoms in total. The topological polar surface area (TPSA) is 34.4 Å². The van der Waals surface area contributed by atoms with E-state index in [2.05, 4.69) is 17.4 Å². The second-order valence-electron chi connectivity index (χ2n) is 5.44. The largest absolute Gasteiger partial charge is 0.464 e. The van der Waals surface area contributed by atoms with E-state index >= 15 is 0 Å². The molecule has 0 radical (unpaired) electrons. The van der Waals surface area contributed by atoms with Gasteiger partial charge in [0.2, 0.25) is 0 Å². The molecule has 0 aliphatic carbocycles. The molecular formula is C15H17NO2. The van der Waals surface area contributed by atoms with E-state index in [1.807, 2.05) is 18.4 Å². The van der Waals surface area contributed by atoms with Crippen LogP contribution < -0.4 is 5.32 Å². The molecule has 0 amide bonds. The van der Waals surface area contributed by atoms with Crippen LogP contribution >= 0.6 is 0 Å². The summed E-state index contributed by atoms with van der Waals surface area (Å²) >= 11 is 0. The molecule has 1 N–H and O–H groups in total. The summed E-state index contributed by atoms with van der Waals surface area (Å²) in [6.07, 6.45) is 4.44. The van der Waals surface area contributed by atoms with Gasteiger partial charge >= 0.3 is 0 Å². The van der Waals surface area contributed by atoms with Crippen molar-refractivity contribution in [3.8, 4) is 0 Å². The van der Waals surface area contributed by atoms with Crippen LogP contribution in [0, 0.1) is 0 Å². The first kappa shape index (κ1) is 10.6. The molecule has 0 saturated carbocycles. The molecule has 1 atom stereocenters. The van der Waals surface area contributed by atoms with Crippen molar-refractivity contribution in [1.29, 1.82) is 0 Å². The van der Waals surface area contributed by atoms with Gasteiger partial charge in [0.05, 0.1) is 24.9 Å². The lowest BCUT2D eigenvalue weighted by atomic mass is 9.72. The Morgan fingerprint density at radius 3 is 2.83 bits per heavy atom. The van der Waals surface area contributed by atoms with Crippen molar-refractivity contribution in [1.82, 2.24) is 5.32 Å². The minimum atomic E-state index is 0.128. The van der Waals surface area contributed by atoms with Gasteiger partial charge in [0.25, 0.3) is 0 Å². The quantitative estimate of drug-likeness (QED) is 0.879. The Labute approximate surface area is 106 Å². The van der Waals surface area contributed by atoms with Gasteiger partial charge in [-0.25, -0.2) is 0 Å². The molecule has 94 valence electrons. The zero-order valence-corrected chi connectivity index (χ0v) is 10.3. The average Bonchev–Trinajstić information content (AvgIpc) is 2.98. The molecule has 3 heteroatoms. The maximum Gasteiger partial charge on any atom is 0.134 e. The fourth-order valence-corrected chi connectivity index (χ4v) is 3.39. The third-order valence-electron chi connectivity index (χ3n) is 4.46. The number of hydrogen-bond acceptors (Lipinski definition) is 3. The van der Waals surface area contributed by atoms with Crippen LogP contribution in [0.5, 0.6) is 0 Å². The number of ether oxygens (including phenoxy) is 1. The summed E-state index contributed by atoms with van der Waals surface area (Å²) in [5, 5.41) is 4.88. The molecule has 2 aromatic rings. The van der Waals surface area contributed by atoms with Crippen molar-refractivity contribution in [2.45, 2.75) is 24.3 Å². The number of benzene rings is 1. The Morgan fingerprint density at radius 2 is 2.11 bits per heavy atom. The van der Waals surface area contributed by atoms with Crippen LogP contribution in [0.3, 0.4) is 0 Å². The third-order valence-corrected chi connectivity index (χ3v) is 4.46. The highest BCUT2D eigenvalue weighted by Gasteiger charge is 2.49. The Balaban J connectivity index is 1.84. The van der Waals surface area contributed by atoms with E-state index in [0.29, 0.717) is 6.04 Å². The fraction of sp³-hybridized carbons (Fsp3) is 0.467. The van der Waals surface area contributed by atoms with Gasteiger partial charge in [0.15, 0.2) is 0 Å². The predicted molar refractivity (Wildman–Crippen MR) is 69.7 cm³/mol. The summed E-state index contributed by atoms with van der Waals surface area (Å²) in [6, 6.07) is 8.83. The molecule has 1 aromatic carbocycles. The van der Waals surface area contributed by atoms with Crippen LogP contribution in [-0.4, -0.2) is 25.8 Å². The third kappa shape index (κ3) is 1.32. The van der Waals surface area contributed by atoms with Crippen LogP contribution in [0.2, 0.25) is 0 Å². The SMILES string of the molecule is c1ccc2c(C3(C4CCCN4)COC3)coc2c1. The molecule has 3 heterocycles. The van der Waals surface area contributed by atoms with Gasteiger partial charge in [-0.2, -0.15) is 0 Å². The fourth-order valence-electron chi connectivity index (χ4n) is 3.39. The van der Waals surface area contributed by atoms with E-state index in [1.165, 1.54) is 23.8 Å². The first-order chi connectivity index (χ1) is 8.90. The first-order valence-electron chi connectivity index (χ1n) is 6.68. The van der Waals surface area contributed by atoms with Gasteiger partial charge in [-0.05, 0) is 25.5 Å². The van der Waals surface area contributed by atoms with Gasteiger partial charge in [-0.3, -0.25) is 0 Å². The zero-order chi connectivity index (χ0) is 12.0. The highest BCUT2D eigenvalue weighted by molar-refractivity contribution is 5.82. The van der Waals surface area contributed by atoms with Gasteiger partial charge < -0.3 is 14.5 Å². The van der Waals surface area contributed by atoms with E-state index in [9.17, 15) is 0 Å². The van der Waals surface area contributed by atoms with Gasteiger partial charge in [-0.15, -0.1) is 0 Å². The summed E-state index contributed by atoms with van der Waals surface area (Å²) in [6.45, 7) is 2.75. The smallest absolute Gasteiger partial charge is 0.134 e. The molecule has 4 rings (SSSR count). The second kappa shape index (κ2) is 3.84. The Morgan fingerprint density at radius 1 is 1.22 bits per heavy atom. The Hall–Kier alpha value is -1.32. The minimum Gasteiger partial charge on any atom is -0.464 e. The molecule has 0 spiro atoms. The molecular weight excluding hydrogens is 226 g/mol. The van der Waals surface area contributed by atoms with Gasteiger partial charge in [0, 0.05) is 17.0 Å². The monoisotopic (exact) mass is 243 g/mol. The van der Waals surface area contributed by atoms with E-state index in [0.717, 1.165) is 25.3 Å². The van der Waals surface area contributed by atoms with Crippen LogP contribution in [0.4, 0.5) is 0 Å². The van der Waals surface area contributed by atoms with Crippen LogP contribution in [0.25, 0.3) is 11.0 Å². The van der Waals surface area contributed by atoms with E-state index in [4.69, 9.17) is 9.15 Å². The van der Waals surface area contributed by atoms with Crippen LogP contribution in [0.15, 0.2) is 34.9 Å². The lowest BCUT2D eigenvalue weighted by Crippen LogP contribution is -2.58. The number of para-hydroxylation sites is 1. The number of nitrogens with one attached hydrogen (secondary N) is 1. The summed E-state index contributed by atoms with van der Waals surface area (Å²) in [5.41, 5.74) is 2.43. The molecule has 2 aliphatic heterocycles. The zero-order valence-electron chi connectivity index (χ0n) is 10.3. The predicted octanol–water partition coefficient (Wildman–Crippen LogP) is 2.45. The van der Waals surface area contributed by atoms with E-state index < -0.39 is 0 Å². The molecule has 0 bridgehead atoms. The Bertz CT molecular complexity index is 565. The highest BCUT2D eigenvalue weighted by Crippen LogP contribution is 2.42. The summed E-state index contributed by atoms with van der Waals surface area (Å²) < 4.78 is 11.2. The molecule has 1 unspecified atom stereocenters. The normalized spacial score (nSPS) is 26.3. The second-order valence-corrected chi connectivity index (χ2v) is 5.44. The molecule has 2 aliphatic rings. The van der Waals surface area contributed by atoms with Gasteiger partial charge in [-0.1, -0.05) is 18.2 Å². The van der Waals surface area contributed by atoms with Crippen molar-refractivity contribution in [3.63, 3.8) is 0 Å². The lowest BCUT2D eigenvalue weighted by molar-refractivity contribution is -0.0756. The van der Waals surface area contributed by atoms with E-state index in [1.54, 1.807) is 0 Å². The number of hydrogen-bond donors (Lipinski definition) is 1. The van der Waals surface area contributed by atoms with Crippen LogP contribution in [0.1, 0.15) is 18.4 Å². The van der Waals surface area contributed by atoms with Crippen molar-refractivity contribution in [2.75, 3.05) is 19.8 Å². The number of fused-ring (bicyclic) bond motifs is 1. The van der Waals surface area contributed by atoms with Crippen LogP contribution in [-0.2, 0) is 10.2 Å². The summed E-state index contributed by atoms with van der Waals surface area (Å²) in [4.78, 5) is 0. The maximum atomic E-state index is 5.71. The van der Waals surface area contributed by atoms with E-state index in [-0.39, 0.29) is 5.41 Å². The Kier molecular flexibility index (Phi) is 2.26. The standard InChI is InChI=1S/C15H17NO2/c1-2-5-13-11(4-1)12(8-18-13)15(9-17-10-15)14-6-3-7-16-14/h1-2,4-5,8,14,16H,3,6-7,9-10H2. The minimum absolute atomic E-state index is 0.128. The molecule has 2 saturated heterocycles. The summed E-state index contributed by atoms with van der Waals surface area (Å²) in [5.74, 6) is 0. The van der Waals surface area contributed by atoms with Crippen molar-refractivity contribution in [3.05, 3.63) is 36.1 Å². The number of furan rings is 1. The van der Waals surface area contributed by atoms with Crippen molar-refractivity contribution < 1.29 is 9.15 Å². The molecule has 18 heavy (non-hydrogen) atoms. The number of rotatable bonds is 2. The first-order valence-corrected chi connectivity index (χ1v) is 6.68. The van der Waals surface area contributed by atoms with Crippen molar-refractivity contribution in [2.24, 2.45) is 0 Å². The average molecular weight is 243 g/mol. The summed E-state index contributed by atoms with van der Waals surface area (Å²) in [7, 11) is 0. The van der Waals surface area contributed by atoms with Gasteiger partial charge in [0.1, 0.15) is 5.58 Å². The highest BCUT2D eigenvalue weighted by atomic mass is 16.5. The molecule has 2 fully saturated rings. The molecule has 1 aromatic heterocycles.